The van der Waals surface area contributed by atoms with E-state index in [1.807, 2.05) is 32.0 Å². The molecule has 0 saturated heterocycles. The van der Waals surface area contributed by atoms with Gasteiger partial charge < -0.3 is 10.2 Å². The third-order valence-electron chi connectivity index (χ3n) is 3.57. The lowest BCUT2D eigenvalue weighted by molar-refractivity contribution is -0.133. The van der Waals surface area contributed by atoms with Crippen LogP contribution in [0.25, 0.3) is 0 Å². The number of nitrogens with one attached hydrogen (secondary N) is 1. The zero-order chi connectivity index (χ0) is 17.7. The Labute approximate surface area is 141 Å². The first-order valence-electron chi connectivity index (χ1n) is 7.71. The molecule has 0 aliphatic rings. The highest BCUT2D eigenvalue weighted by molar-refractivity contribution is 5.94. The van der Waals surface area contributed by atoms with Crippen LogP contribution in [0, 0.1) is 19.7 Å². The number of anilines is 1. The van der Waals surface area contributed by atoms with Crippen LogP contribution >= 0.6 is 0 Å². The second-order valence-corrected chi connectivity index (χ2v) is 5.93. The summed E-state index contributed by atoms with van der Waals surface area (Å²) in [5.41, 5.74) is 3.59. The fourth-order valence-electron chi connectivity index (χ4n) is 2.51. The van der Waals surface area contributed by atoms with Gasteiger partial charge in [0.25, 0.3) is 0 Å². The van der Waals surface area contributed by atoms with Crippen molar-refractivity contribution < 1.29 is 14.0 Å². The molecule has 1 N–H and O–H groups in total. The van der Waals surface area contributed by atoms with Crippen molar-refractivity contribution in [3.63, 3.8) is 0 Å². The van der Waals surface area contributed by atoms with Crippen molar-refractivity contribution in [2.45, 2.75) is 27.3 Å². The third kappa shape index (κ3) is 5.19. The molecule has 0 heterocycles. The molecular weight excluding hydrogens is 307 g/mol. The smallest absolute Gasteiger partial charge is 0.244 e. The number of benzene rings is 2. The second kappa shape index (κ2) is 7.73. The average molecular weight is 328 g/mol. The van der Waals surface area contributed by atoms with E-state index in [9.17, 15) is 14.0 Å². The molecule has 2 amide bonds. The SMILES string of the molecule is CC(=O)N(CC(=O)Nc1cc(C)cc(C)c1)Cc1ccc(F)cc1. The number of hydrogen-bond acceptors (Lipinski definition) is 2. The quantitative estimate of drug-likeness (QED) is 0.914. The first kappa shape index (κ1) is 17.7. The van der Waals surface area contributed by atoms with Gasteiger partial charge in [-0.15, -0.1) is 0 Å². The Kier molecular flexibility index (Phi) is 5.68. The van der Waals surface area contributed by atoms with Gasteiger partial charge in [-0.25, -0.2) is 4.39 Å². The standard InChI is InChI=1S/C19H21FN2O2/c1-13-8-14(2)10-18(9-13)21-19(24)12-22(15(3)23)11-16-4-6-17(20)7-5-16/h4-10H,11-12H2,1-3H3,(H,21,24). The van der Waals surface area contributed by atoms with E-state index in [0.29, 0.717) is 5.69 Å². The van der Waals surface area contributed by atoms with Crippen molar-refractivity contribution in [3.8, 4) is 0 Å². The lowest BCUT2D eigenvalue weighted by Gasteiger charge is -2.21. The Balaban J connectivity index is 2.02. The fraction of sp³-hybridized carbons (Fsp3) is 0.263. The van der Waals surface area contributed by atoms with Crippen LogP contribution in [0.4, 0.5) is 10.1 Å². The van der Waals surface area contributed by atoms with Crippen molar-refractivity contribution in [2.75, 3.05) is 11.9 Å². The summed E-state index contributed by atoms with van der Waals surface area (Å²) in [4.78, 5) is 25.4. The summed E-state index contributed by atoms with van der Waals surface area (Å²) in [5, 5.41) is 2.81. The minimum Gasteiger partial charge on any atom is -0.329 e. The fourth-order valence-corrected chi connectivity index (χ4v) is 2.51. The predicted octanol–water partition coefficient (Wildman–Crippen LogP) is 3.43. The minimum atomic E-state index is -0.333. The van der Waals surface area contributed by atoms with Crippen LogP contribution in [-0.4, -0.2) is 23.3 Å². The number of halogens is 1. The average Bonchev–Trinajstić information content (AvgIpc) is 2.47. The summed E-state index contributed by atoms with van der Waals surface area (Å²) in [5.74, 6) is -0.812. The molecule has 0 saturated carbocycles. The van der Waals surface area contributed by atoms with Crippen molar-refractivity contribution >= 4 is 17.5 Å². The van der Waals surface area contributed by atoms with Gasteiger partial charge in [0.15, 0.2) is 0 Å². The molecular formula is C19H21FN2O2. The molecule has 2 aromatic carbocycles. The van der Waals surface area contributed by atoms with Gasteiger partial charge >= 0.3 is 0 Å². The molecule has 0 spiro atoms. The van der Waals surface area contributed by atoms with Crippen LogP contribution in [-0.2, 0) is 16.1 Å². The maximum atomic E-state index is 13.0. The molecule has 0 aliphatic heterocycles. The lowest BCUT2D eigenvalue weighted by Crippen LogP contribution is -2.36. The highest BCUT2D eigenvalue weighted by Gasteiger charge is 2.14. The topological polar surface area (TPSA) is 49.4 Å². The van der Waals surface area contributed by atoms with Crippen LogP contribution in [0.2, 0.25) is 0 Å². The normalized spacial score (nSPS) is 10.3. The molecule has 0 aromatic heterocycles. The van der Waals surface area contributed by atoms with Gasteiger partial charge in [0.2, 0.25) is 11.8 Å². The number of rotatable bonds is 5. The van der Waals surface area contributed by atoms with Crippen LogP contribution in [0.5, 0.6) is 0 Å². The molecule has 2 aromatic rings. The van der Waals surface area contributed by atoms with Crippen molar-refractivity contribution in [3.05, 3.63) is 65.0 Å². The molecule has 126 valence electrons. The van der Waals surface area contributed by atoms with E-state index in [1.165, 1.54) is 24.0 Å². The zero-order valence-electron chi connectivity index (χ0n) is 14.1. The second-order valence-electron chi connectivity index (χ2n) is 5.93. The Bertz CT molecular complexity index is 721. The van der Waals surface area contributed by atoms with E-state index in [0.717, 1.165) is 16.7 Å². The minimum absolute atomic E-state index is 0.0559. The van der Waals surface area contributed by atoms with Crippen molar-refractivity contribution in [1.29, 1.82) is 0 Å². The van der Waals surface area contributed by atoms with Gasteiger partial charge in [0.05, 0.1) is 0 Å². The van der Waals surface area contributed by atoms with Gasteiger partial charge in [-0.05, 0) is 54.8 Å². The number of carbonyl (C=O) groups excluding carboxylic acids is 2. The van der Waals surface area contributed by atoms with Gasteiger partial charge in [-0.3, -0.25) is 9.59 Å². The van der Waals surface area contributed by atoms with E-state index >= 15 is 0 Å². The zero-order valence-corrected chi connectivity index (χ0v) is 14.1. The molecule has 0 fully saturated rings. The Hall–Kier alpha value is -2.69. The number of hydrogen-bond donors (Lipinski definition) is 1. The van der Waals surface area contributed by atoms with Gasteiger partial charge in [0.1, 0.15) is 12.4 Å². The van der Waals surface area contributed by atoms with Crippen molar-refractivity contribution in [2.24, 2.45) is 0 Å². The molecule has 0 bridgehead atoms. The number of amides is 2. The molecule has 0 aliphatic carbocycles. The Morgan fingerprint density at radius 1 is 1.04 bits per heavy atom. The summed E-state index contributed by atoms with van der Waals surface area (Å²) in [6.45, 7) is 5.53. The van der Waals surface area contributed by atoms with E-state index in [-0.39, 0.29) is 30.7 Å². The molecule has 4 nitrogen and oxygen atoms in total. The van der Waals surface area contributed by atoms with Crippen LogP contribution in [0.3, 0.4) is 0 Å². The number of nitrogens with zero attached hydrogens (tertiary/aromatic N) is 1. The molecule has 2 rings (SSSR count). The highest BCUT2D eigenvalue weighted by Crippen LogP contribution is 2.14. The third-order valence-corrected chi connectivity index (χ3v) is 3.57. The Morgan fingerprint density at radius 2 is 1.62 bits per heavy atom. The summed E-state index contributed by atoms with van der Waals surface area (Å²) in [6.07, 6.45) is 0. The monoisotopic (exact) mass is 328 g/mol. The van der Waals surface area contributed by atoms with E-state index < -0.39 is 0 Å². The van der Waals surface area contributed by atoms with Crippen LogP contribution in [0.1, 0.15) is 23.6 Å². The number of aryl methyl sites for hydroxylation is 2. The van der Waals surface area contributed by atoms with Gasteiger partial charge in [0, 0.05) is 19.2 Å². The maximum absolute atomic E-state index is 13.0. The van der Waals surface area contributed by atoms with Gasteiger partial charge in [-0.1, -0.05) is 18.2 Å². The predicted molar refractivity (Wildman–Crippen MR) is 92.0 cm³/mol. The highest BCUT2D eigenvalue weighted by atomic mass is 19.1. The first-order valence-corrected chi connectivity index (χ1v) is 7.71. The first-order chi connectivity index (χ1) is 11.3. The van der Waals surface area contributed by atoms with Crippen molar-refractivity contribution in [1.82, 2.24) is 4.90 Å². The summed E-state index contributed by atoms with van der Waals surface area (Å²) < 4.78 is 13.0. The van der Waals surface area contributed by atoms with Crippen LogP contribution in [0.15, 0.2) is 42.5 Å². The van der Waals surface area contributed by atoms with E-state index in [4.69, 9.17) is 0 Å². The van der Waals surface area contributed by atoms with E-state index in [1.54, 1.807) is 12.1 Å². The molecule has 0 atom stereocenters. The summed E-state index contributed by atoms with van der Waals surface area (Å²) >= 11 is 0. The molecule has 24 heavy (non-hydrogen) atoms. The summed E-state index contributed by atoms with van der Waals surface area (Å²) in [6, 6.07) is 11.7. The number of carbonyl (C=O) groups is 2. The maximum Gasteiger partial charge on any atom is 0.244 e. The molecule has 0 unspecified atom stereocenters. The van der Waals surface area contributed by atoms with Crippen LogP contribution < -0.4 is 5.32 Å². The Morgan fingerprint density at radius 3 is 2.17 bits per heavy atom. The summed E-state index contributed by atoms with van der Waals surface area (Å²) in [7, 11) is 0. The van der Waals surface area contributed by atoms with Gasteiger partial charge in [-0.2, -0.15) is 0 Å². The van der Waals surface area contributed by atoms with E-state index in [2.05, 4.69) is 5.32 Å². The largest absolute Gasteiger partial charge is 0.329 e. The lowest BCUT2D eigenvalue weighted by atomic mass is 10.1. The molecule has 0 radical (unpaired) electrons. The molecule has 5 heteroatoms.